The molecule has 1 aromatic rings. The fourth-order valence-electron chi connectivity index (χ4n) is 3.03. The Labute approximate surface area is 128 Å². The second kappa shape index (κ2) is 6.08. The van der Waals surface area contributed by atoms with Crippen LogP contribution < -0.4 is 5.73 Å². The van der Waals surface area contributed by atoms with Gasteiger partial charge in [0.15, 0.2) is 0 Å². The van der Waals surface area contributed by atoms with Crippen LogP contribution in [0.15, 0.2) is 24.3 Å². The van der Waals surface area contributed by atoms with E-state index in [4.69, 9.17) is 5.73 Å². The van der Waals surface area contributed by atoms with Gasteiger partial charge < -0.3 is 10.6 Å². The fraction of sp³-hybridized carbons (Fsp3) is 0.611. The molecule has 1 fully saturated rings. The van der Waals surface area contributed by atoms with Crippen LogP contribution >= 0.6 is 0 Å². The summed E-state index contributed by atoms with van der Waals surface area (Å²) < 4.78 is 0. The van der Waals surface area contributed by atoms with Crippen molar-refractivity contribution in [3.8, 4) is 0 Å². The number of benzene rings is 1. The normalized spacial score (nSPS) is 20.6. The van der Waals surface area contributed by atoms with Gasteiger partial charge in [0.2, 0.25) is 5.91 Å². The molecule has 1 aliphatic heterocycles. The third-order valence-electron chi connectivity index (χ3n) is 4.75. The Bertz CT molecular complexity index is 487. The average molecular weight is 288 g/mol. The van der Waals surface area contributed by atoms with E-state index in [1.165, 1.54) is 5.56 Å². The van der Waals surface area contributed by atoms with Crippen molar-refractivity contribution in [2.75, 3.05) is 18.8 Å². The number of hydrogen-bond donors (Lipinski definition) is 1. The van der Waals surface area contributed by atoms with Gasteiger partial charge in [0, 0.05) is 25.2 Å². The molecule has 3 heteroatoms. The number of rotatable bonds is 3. The molecule has 1 saturated heterocycles. The predicted octanol–water partition coefficient (Wildman–Crippen LogP) is 3.66. The number of carbonyl (C=O) groups excluding carboxylic acids is 1. The van der Waals surface area contributed by atoms with Crippen LogP contribution in [0, 0.1) is 11.3 Å². The van der Waals surface area contributed by atoms with Crippen molar-refractivity contribution in [2.45, 2.75) is 46.5 Å². The molecule has 0 spiro atoms. The van der Waals surface area contributed by atoms with Gasteiger partial charge in [-0.2, -0.15) is 0 Å². The molecule has 2 N–H and O–H groups in total. The molecule has 0 aliphatic carbocycles. The molecule has 1 amide bonds. The molecule has 3 nitrogen and oxygen atoms in total. The summed E-state index contributed by atoms with van der Waals surface area (Å²) in [5, 5.41) is 0. The number of carbonyl (C=O) groups is 1. The minimum Gasteiger partial charge on any atom is -0.399 e. The molecule has 0 saturated carbocycles. The highest BCUT2D eigenvalue weighted by molar-refractivity contribution is 5.77. The van der Waals surface area contributed by atoms with Crippen molar-refractivity contribution in [1.82, 2.24) is 4.90 Å². The zero-order valence-electron chi connectivity index (χ0n) is 13.7. The van der Waals surface area contributed by atoms with E-state index in [2.05, 4.69) is 27.7 Å². The molecule has 2 atom stereocenters. The van der Waals surface area contributed by atoms with E-state index < -0.39 is 0 Å². The number of nitrogens with two attached hydrogens (primary N) is 1. The van der Waals surface area contributed by atoms with E-state index in [0.717, 1.165) is 25.2 Å². The Morgan fingerprint density at radius 3 is 2.48 bits per heavy atom. The van der Waals surface area contributed by atoms with E-state index in [0.29, 0.717) is 12.3 Å². The van der Waals surface area contributed by atoms with E-state index in [1.807, 2.05) is 29.2 Å². The lowest BCUT2D eigenvalue weighted by atomic mass is 9.80. The maximum absolute atomic E-state index is 12.5. The summed E-state index contributed by atoms with van der Waals surface area (Å²) in [4.78, 5) is 14.5. The van der Waals surface area contributed by atoms with Crippen LogP contribution in [0.2, 0.25) is 0 Å². The summed E-state index contributed by atoms with van der Waals surface area (Å²) in [6.07, 6.45) is 1.71. The SMILES string of the molecule is CC(CC(=O)N1CCC(C(C)(C)C)C1)c1ccc(N)cc1. The van der Waals surface area contributed by atoms with E-state index >= 15 is 0 Å². The van der Waals surface area contributed by atoms with Gasteiger partial charge in [0.1, 0.15) is 0 Å². The van der Waals surface area contributed by atoms with Crippen molar-refractivity contribution in [1.29, 1.82) is 0 Å². The Balaban J connectivity index is 1.91. The Hall–Kier alpha value is -1.51. The molecule has 0 radical (unpaired) electrons. The van der Waals surface area contributed by atoms with E-state index in [-0.39, 0.29) is 17.2 Å². The van der Waals surface area contributed by atoms with Gasteiger partial charge in [-0.3, -0.25) is 4.79 Å². The summed E-state index contributed by atoms with van der Waals surface area (Å²) in [5.74, 6) is 1.14. The van der Waals surface area contributed by atoms with Crippen LogP contribution in [0.4, 0.5) is 5.69 Å². The number of nitrogens with zero attached hydrogens (tertiary/aromatic N) is 1. The summed E-state index contributed by atoms with van der Waals surface area (Å²) in [6.45, 7) is 10.7. The third kappa shape index (κ3) is 3.99. The zero-order chi connectivity index (χ0) is 15.6. The molecular formula is C18H28N2O. The van der Waals surface area contributed by atoms with Crippen LogP contribution in [0.5, 0.6) is 0 Å². The second-order valence-corrected chi connectivity index (χ2v) is 7.46. The fourth-order valence-corrected chi connectivity index (χ4v) is 3.03. The number of hydrogen-bond acceptors (Lipinski definition) is 2. The Morgan fingerprint density at radius 1 is 1.33 bits per heavy atom. The summed E-state index contributed by atoms with van der Waals surface area (Å²) in [5.41, 5.74) is 7.95. The highest BCUT2D eigenvalue weighted by Crippen LogP contribution is 2.34. The lowest BCUT2D eigenvalue weighted by molar-refractivity contribution is -0.130. The van der Waals surface area contributed by atoms with Gasteiger partial charge in [-0.05, 0) is 41.4 Å². The molecule has 21 heavy (non-hydrogen) atoms. The minimum atomic E-state index is 0.242. The van der Waals surface area contributed by atoms with Crippen LogP contribution in [-0.2, 0) is 4.79 Å². The molecular weight excluding hydrogens is 260 g/mol. The Kier molecular flexibility index (Phi) is 4.60. The quantitative estimate of drug-likeness (QED) is 0.863. The smallest absolute Gasteiger partial charge is 0.223 e. The van der Waals surface area contributed by atoms with Gasteiger partial charge >= 0.3 is 0 Å². The molecule has 2 unspecified atom stereocenters. The van der Waals surface area contributed by atoms with Gasteiger partial charge in [0.25, 0.3) is 0 Å². The molecule has 1 aliphatic rings. The number of anilines is 1. The predicted molar refractivity (Wildman–Crippen MR) is 88.0 cm³/mol. The summed E-state index contributed by atoms with van der Waals surface area (Å²) in [7, 11) is 0. The van der Waals surface area contributed by atoms with Crippen LogP contribution in [-0.4, -0.2) is 23.9 Å². The number of amides is 1. The monoisotopic (exact) mass is 288 g/mol. The summed E-state index contributed by atoms with van der Waals surface area (Å²) >= 11 is 0. The van der Waals surface area contributed by atoms with Crippen molar-refractivity contribution in [3.05, 3.63) is 29.8 Å². The maximum Gasteiger partial charge on any atom is 0.223 e. The molecule has 2 rings (SSSR count). The highest BCUT2D eigenvalue weighted by Gasteiger charge is 2.33. The zero-order valence-corrected chi connectivity index (χ0v) is 13.7. The largest absolute Gasteiger partial charge is 0.399 e. The lowest BCUT2D eigenvalue weighted by Gasteiger charge is -2.27. The Morgan fingerprint density at radius 2 is 1.95 bits per heavy atom. The molecule has 0 aromatic heterocycles. The van der Waals surface area contributed by atoms with Crippen LogP contribution in [0.1, 0.15) is 52.0 Å². The van der Waals surface area contributed by atoms with E-state index in [1.54, 1.807) is 0 Å². The first-order valence-corrected chi connectivity index (χ1v) is 7.90. The van der Waals surface area contributed by atoms with Crippen molar-refractivity contribution < 1.29 is 4.79 Å². The average Bonchev–Trinajstić information content (AvgIpc) is 2.88. The standard InChI is InChI=1S/C18H28N2O/c1-13(14-5-7-16(19)8-6-14)11-17(21)20-10-9-15(12-20)18(2,3)4/h5-8,13,15H,9-12,19H2,1-4H3. The molecule has 1 heterocycles. The molecule has 0 bridgehead atoms. The first kappa shape index (κ1) is 15.9. The minimum absolute atomic E-state index is 0.242. The molecule has 1 aromatic carbocycles. The second-order valence-electron chi connectivity index (χ2n) is 7.46. The van der Waals surface area contributed by atoms with Crippen LogP contribution in [0.25, 0.3) is 0 Å². The lowest BCUT2D eigenvalue weighted by Crippen LogP contribution is -2.31. The van der Waals surface area contributed by atoms with E-state index in [9.17, 15) is 4.79 Å². The van der Waals surface area contributed by atoms with Crippen molar-refractivity contribution in [2.24, 2.45) is 11.3 Å². The maximum atomic E-state index is 12.5. The van der Waals surface area contributed by atoms with Gasteiger partial charge in [-0.1, -0.05) is 39.8 Å². The summed E-state index contributed by atoms with van der Waals surface area (Å²) in [6, 6.07) is 7.86. The topological polar surface area (TPSA) is 46.3 Å². The molecule has 116 valence electrons. The first-order valence-electron chi connectivity index (χ1n) is 7.90. The first-order chi connectivity index (χ1) is 9.77. The van der Waals surface area contributed by atoms with Gasteiger partial charge in [-0.25, -0.2) is 0 Å². The highest BCUT2D eigenvalue weighted by atomic mass is 16.2. The van der Waals surface area contributed by atoms with Crippen molar-refractivity contribution >= 4 is 11.6 Å². The van der Waals surface area contributed by atoms with Gasteiger partial charge in [-0.15, -0.1) is 0 Å². The number of likely N-dealkylation sites (tertiary alicyclic amines) is 1. The van der Waals surface area contributed by atoms with Gasteiger partial charge in [0.05, 0.1) is 0 Å². The number of nitrogen functional groups attached to an aromatic ring is 1. The van der Waals surface area contributed by atoms with Crippen molar-refractivity contribution in [3.63, 3.8) is 0 Å². The third-order valence-corrected chi connectivity index (χ3v) is 4.75. The van der Waals surface area contributed by atoms with Crippen LogP contribution in [0.3, 0.4) is 0 Å².